The van der Waals surface area contributed by atoms with Crippen LogP contribution in [0.25, 0.3) is 10.2 Å². The number of quaternary nitrogens is 2. The molecule has 8 heteroatoms. The summed E-state index contributed by atoms with van der Waals surface area (Å²) in [5.41, 5.74) is 1.09. The van der Waals surface area contributed by atoms with Crippen LogP contribution in [-0.4, -0.2) is 93.1 Å². The van der Waals surface area contributed by atoms with Crippen molar-refractivity contribution < 1.29 is 19.4 Å². The first-order valence-electron chi connectivity index (χ1n) is 11.0. The number of likely N-dealkylation sites (N-methyl/N-ethyl adjacent to an activating group) is 1. The van der Waals surface area contributed by atoms with Crippen molar-refractivity contribution in [3.8, 4) is 0 Å². The average Bonchev–Trinajstić information content (AvgIpc) is 3.19. The topological polar surface area (TPSA) is 62.4 Å². The van der Waals surface area contributed by atoms with Gasteiger partial charge in [-0.3, -0.25) is 9.59 Å². The largest absolute Gasteiger partial charge is 0.344 e. The molecule has 0 spiro atoms. The van der Waals surface area contributed by atoms with Gasteiger partial charge in [0.15, 0.2) is 13.1 Å². The van der Waals surface area contributed by atoms with Crippen molar-refractivity contribution in [1.82, 2.24) is 14.8 Å². The molecule has 2 aromatic rings. The molecule has 30 heavy (non-hydrogen) atoms. The van der Waals surface area contributed by atoms with Gasteiger partial charge in [0.2, 0.25) is 0 Å². The molecular weight excluding hydrogens is 398 g/mol. The zero-order valence-corrected chi connectivity index (χ0v) is 18.8. The second kappa shape index (κ2) is 9.41. The van der Waals surface area contributed by atoms with E-state index in [1.807, 2.05) is 11.0 Å². The number of nitrogens with one attached hydrogen (secondary N) is 2. The Hall–Kier alpha value is -2.03. The SMILES string of the molecule is CN(C)C(=O)C[NH+]1CCN(C(=O)C[NH+]2CCC[C@H](c3nc4ccccc4s3)C2)CC1. The van der Waals surface area contributed by atoms with Crippen LogP contribution in [0.1, 0.15) is 23.8 Å². The summed E-state index contributed by atoms with van der Waals surface area (Å²) in [4.78, 5) is 36.0. The molecule has 2 atom stereocenters. The van der Waals surface area contributed by atoms with Crippen molar-refractivity contribution in [1.29, 1.82) is 0 Å². The van der Waals surface area contributed by atoms with Crippen LogP contribution in [0.4, 0.5) is 0 Å². The molecule has 7 nitrogen and oxygen atoms in total. The molecule has 3 heterocycles. The molecule has 0 saturated carbocycles. The normalized spacial score (nSPS) is 22.9. The zero-order valence-electron chi connectivity index (χ0n) is 18.0. The lowest BCUT2D eigenvalue weighted by molar-refractivity contribution is -0.901. The fourth-order valence-corrected chi connectivity index (χ4v) is 5.64. The summed E-state index contributed by atoms with van der Waals surface area (Å²) in [6.07, 6.45) is 2.31. The van der Waals surface area contributed by atoms with Gasteiger partial charge in [-0.2, -0.15) is 0 Å². The lowest BCUT2D eigenvalue weighted by Gasteiger charge is -2.34. The zero-order chi connectivity index (χ0) is 21.1. The number of piperidine rings is 1. The number of amides is 2. The Balaban J connectivity index is 1.28. The highest BCUT2D eigenvalue weighted by Gasteiger charge is 2.31. The number of aromatic nitrogens is 1. The van der Waals surface area contributed by atoms with Gasteiger partial charge < -0.3 is 19.6 Å². The fourth-order valence-electron chi connectivity index (χ4n) is 4.53. The van der Waals surface area contributed by atoms with Crippen molar-refractivity contribution in [3.05, 3.63) is 29.3 Å². The summed E-state index contributed by atoms with van der Waals surface area (Å²) < 4.78 is 1.25. The number of hydrogen-bond donors (Lipinski definition) is 2. The molecule has 162 valence electrons. The fraction of sp³-hybridized carbons (Fsp3) is 0.591. The first kappa shape index (κ1) is 21.2. The molecule has 2 aliphatic rings. The van der Waals surface area contributed by atoms with Crippen LogP contribution in [-0.2, 0) is 9.59 Å². The molecule has 1 aromatic heterocycles. The summed E-state index contributed by atoms with van der Waals surface area (Å²) >= 11 is 1.81. The maximum absolute atomic E-state index is 12.9. The van der Waals surface area contributed by atoms with Crippen LogP contribution in [0.5, 0.6) is 0 Å². The summed E-state index contributed by atoms with van der Waals surface area (Å²) in [7, 11) is 3.59. The second-order valence-electron chi connectivity index (χ2n) is 8.84. The Morgan fingerprint density at radius 1 is 1.13 bits per heavy atom. The van der Waals surface area contributed by atoms with E-state index in [1.54, 1.807) is 30.3 Å². The molecule has 2 N–H and O–H groups in total. The molecule has 1 unspecified atom stereocenters. The van der Waals surface area contributed by atoms with Crippen LogP contribution < -0.4 is 9.80 Å². The average molecular weight is 432 g/mol. The molecule has 2 saturated heterocycles. The van der Waals surface area contributed by atoms with Gasteiger partial charge in [0.25, 0.3) is 11.8 Å². The number of nitrogens with zero attached hydrogens (tertiary/aromatic N) is 3. The highest BCUT2D eigenvalue weighted by atomic mass is 32.1. The Labute approximate surface area is 182 Å². The van der Waals surface area contributed by atoms with Gasteiger partial charge in [-0.25, -0.2) is 4.98 Å². The number of likely N-dealkylation sites (tertiary alicyclic amines) is 1. The van der Waals surface area contributed by atoms with E-state index in [-0.39, 0.29) is 11.8 Å². The van der Waals surface area contributed by atoms with Gasteiger partial charge in [-0.15, -0.1) is 11.3 Å². The van der Waals surface area contributed by atoms with Gasteiger partial charge in [-0.05, 0) is 25.0 Å². The first-order chi connectivity index (χ1) is 14.5. The minimum absolute atomic E-state index is 0.156. The smallest absolute Gasteiger partial charge is 0.278 e. The number of hydrogen-bond acceptors (Lipinski definition) is 4. The van der Waals surface area contributed by atoms with E-state index in [0.29, 0.717) is 19.0 Å². The van der Waals surface area contributed by atoms with Crippen LogP contribution in [0, 0.1) is 0 Å². The molecule has 2 amide bonds. The molecule has 0 radical (unpaired) electrons. The van der Waals surface area contributed by atoms with E-state index in [2.05, 4.69) is 18.2 Å². The third-order valence-electron chi connectivity index (χ3n) is 6.40. The van der Waals surface area contributed by atoms with Gasteiger partial charge >= 0.3 is 0 Å². The molecule has 2 aliphatic heterocycles. The number of rotatable bonds is 5. The molecule has 0 aliphatic carbocycles. The number of carbonyl (C=O) groups excluding carboxylic acids is 2. The maximum atomic E-state index is 12.9. The van der Waals surface area contributed by atoms with Gasteiger partial charge in [0.05, 0.1) is 55.4 Å². The van der Waals surface area contributed by atoms with Gasteiger partial charge in [-0.1, -0.05) is 12.1 Å². The molecule has 4 rings (SSSR count). The molecule has 0 bridgehead atoms. The maximum Gasteiger partial charge on any atom is 0.278 e. The highest BCUT2D eigenvalue weighted by Crippen LogP contribution is 2.30. The van der Waals surface area contributed by atoms with E-state index in [0.717, 1.165) is 51.2 Å². The lowest BCUT2D eigenvalue weighted by atomic mass is 9.98. The number of thiazole rings is 1. The van der Waals surface area contributed by atoms with Crippen molar-refractivity contribution in [3.63, 3.8) is 0 Å². The van der Waals surface area contributed by atoms with Crippen LogP contribution in [0.2, 0.25) is 0 Å². The van der Waals surface area contributed by atoms with Crippen molar-refractivity contribution in [2.45, 2.75) is 18.8 Å². The Morgan fingerprint density at radius 2 is 1.90 bits per heavy atom. The monoisotopic (exact) mass is 431 g/mol. The van der Waals surface area contributed by atoms with E-state index in [4.69, 9.17) is 4.98 Å². The van der Waals surface area contributed by atoms with Crippen molar-refractivity contribution in [2.24, 2.45) is 0 Å². The number of benzene rings is 1. The predicted molar refractivity (Wildman–Crippen MR) is 118 cm³/mol. The summed E-state index contributed by atoms with van der Waals surface area (Å²) in [6.45, 7) is 6.38. The third kappa shape index (κ3) is 4.99. The second-order valence-corrected chi connectivity index (χ2v) is 9.90. The standard InChI is InChI=1S/C22H31N5O2S/c1-24(2)20(28)15-25-10-12-27(13-11-25)21(29)16-26-9-5-6-17(14-26)22-23-18-7-3-4-8-19(18)30-22/h3-4,7-8,17H,5-6,9-16H2,1-2H3/p+2/t17-/m0/s1. The van der Waals surface area contributed by atoms with E-state index >= 15 is 0 Å². The third-order valence-corrected chi connectivity index (χ3v) is 7.60. The molecule has 1 aromatic carbocycles. The van der Waals surface area contributed by atoms with Crippen molar-refractivity contribution in [2.75, 3.05) is 66.5 Å². The number of carbonyl (C=O) groups is 2. The highest BCUT2D eigenvalue weighted by molar-refractivity contribution is 7.18. The van der Waals surface area contributed by atoms with Gasteiger partial charge in [0, 0.05) is 14.1 Å². The first-order valence-corrected chi connectivity index (χ1v) is 11.8. The van der Waals surface area contributed by atoms with E-state index in [1.165, 1.54) is 25.9 Å². The van der Waals surface area contributed by atoms with E-state index < -0.39 is 0 Å². The van der Waals surface area contributed by atoms with Gasteiger partial charge in [0.1, 0.15) is 5.01 Å². The summed E-state index contributed by atoms with van der Waals surface area (Å²) in [6, 6.07) is 8.33. The molecular formula is C22H33N5O2S+2. The quantitative estimate of drug-likeness (QED) is 0.630. The predicted octanol–water partition coefficient (Wildman–Crippen LogP) is -1.13. The Kier molecular flexibility index (Phi) is 6.65. The minimum atomic E-state index is 0.156. The van der Waals surface area contributed by atoms with Crippen LogP contribution in [0.15, 0.2) is 24.3 Å². The summed E-state index contributed by atoms with van der Waals surface area (Å²) in [5.74, 6) is 0.869. The van der Waals surface area contributed by atoms with Crippen molar-refractivity contribution >= 4 is 33.4 Å². The Morgan fingerprint density at radius 3 is 2.63 bits per heavy atom. The van der Waals surface area contributed by atoms with Crippen LogP contribution >= 0.6 is 11.3 Å². The number of fused-ring (bicyclic) bond motifs is 1. The van der Waals surface area contributed by atoms with Crippen LogP contribution in [0.3, 0.4) is 0 Å². The summed E-state index contributed by atoms with van der Waals surface area (Å²) in [5, 5.41) is 1.23. The Bertz CT molecular complexity index is 858. The number of para-hydroxylation sites is 1. The number of piperazine rings is 1. The lowest BCUT2D eigenvalue weighted by Crippen LogP contribution is -3.16. The minimum Gasteiger partial charge on any atom is -0.344 e. The molecule has 2 fully saturated rings. The van der Waals surface area contributed by atoms with E-state index in [9.17, 15) is 9.59 Å².